The van der Waals surface area contributed by atoms with Crippen molar-refractivity contribution in [3.63, 3.8) is 0 Å². The van der Waals surface area contributed by atoms with Crippen LogP contribution in [0, 0.1) is 17.6 Å². The maximum atomic E-state index is 13.1. The predicted octanol–water partition coefficient (Wildman–Crippen LogP) is 3.61. The van der Waals surface area contributed by atoms with Crippen LogP contribution in [-0.4, -0.2) is 23.5 Å². The number of halogens is 2. The first-order valence-electron chi connectivity index (χ1n) is 6.93. The summed E-state index contributed by atoms with van der Waals surface area (Å²) in [4.78, 5) is 4.49. The third-order valence-electron chi connectivity index (χ3n) is 3.36. The van der Waals surface area contributed by atoms with E-state index in [0.717, 1.165) is 23.4 Å². The van der Waals surface area contributed by atoms with Gasteiger partial charge in [-0.05, 0) is 36.5 Å². The minimum Gasteiger partial charge on any atom is -0.362 e. The van der Waals surface area contributed by atoms with Crippen LogP contribution >= 0.6 is 11.8 Å². The molecule has 1 N–H and O–H groups in total. The SMILES string of the molecule is CC(C)C1CCSC(=NCCc2cc(F)cc(F)c2)N1. The molecule has 1 aliphatic heterocycles. The minimum atomic E-state index is -0.530. The zero-order chi connectivity index (χ0) is 14.5. The maximum absolute atomic E-state index is 13.1. The zero-order valence-corrected chi connectivity index (χ0v) is 12.6. The van der Waals surface area contributed by atoms with Crippen LogP contribution < -0.4 is 5.32 Å². The molecule has 1 fully saturated rings. The van der Waals surface area contributed by atoms with Crippen molar-refractivity contribution in [3.05, 3.63) is 35.4 Å². The van der Waals surface area contributed by atoms with Crippen LogP contribution in [0.4, 0.5) is 8.78 Å². The van der Waals surface area contributed by atoms with E-state index in [1.54, 1.807) is 11.8 Å². The number of hydrogen-bond acceptors (Lipinski definition) is 2. The van der Waals surface area contributed by atoms with Crippen molar-refractivity contribution in [2.24, 2.45) is 10.9 Å². The van der Waals surface area contributed by atoms with Gasteiger partial charge in [0.1, 0.15) is 11.6 Å². The normalized spacial score (nSPS) is 21.2. The molecule has 0 aromatic heterocycles. The van der Waals surface area contributed by atoms with Crippen molar-refractivity contribution in [3.8, 4) is 0 Å². The summed E-state index contributed by atoms with van der Waals surface area (Å²) < 4.78 is 26.1. The largest absolute Gasteiger partial charge is 0.362 e. The number of aliphatic imine (C=N–C) groups is 1. The number of hydrogen-bond donors (Lipinski definition) is 1. The van der Waals surface area contributed by atoms with Crippen LogP contribution in [0.5, 0.6) is 0 Å². The van der Waals surface area contributed by atoms with Crippen molar-refractivity contribution in [2.75, 3.05) is 12.3 Å². The summed E-state index contributed by atoms with van der Waals surface area (Å²) in [6, 6.07) is 4.09. The van der Waals surface area contributed by atoms with Crippen molar-refractivity contribution < 1.29 is 8.78 Å². The van der Waals surface area contributed by atoms with Gasteiger partial charge in [0.05, 0.1) is 0 Å². The fourth-order valence-corrected chi connectivity index (χ4v) is 3.17. The van der Waals surface area contributed by atoms with Gasteiger partial charge < -0.3 is 5.32 Å². The summed E-state index contributed by atoms with van der Waals surface area (Å²) >= 11 is 1.72. The molecule has 0 spiro atoms. The third-order valence-corrected chi connectivity index (χ3v) is 4.32. The van der Waals surface area contributed by atoms with Gasteiger partial charge >= 0.3 is 0 Å². The summed E-state index contributed by atoms with van der Waals surface area (Å²) in [5.74, 6) is 0.595. The lowest BCUT2D eigenvalue weighted by Crippen LogP contribution is -2.41. The zero-order valence-electron chi connectivity index (χ0n) is 11.8. The Balaban J connectivity index is 1.89. The monoisotopic (exact) mass is 298 g/mol. The predicted molar refractivity (Wildman–Crippen MR) is 81.2 cm³/mol. The highest BCUT2D eigenvalue weighted by molar-refractivity contribution is 8.13. The van der Waals surface area contributed by atoms with Crippen LogP contribution in [0.2, 0.25) is 0 Å². The number of nitrogens with one attached hydrogen (secondary N) is 1. The number of nitrogens with zero attached hydrogens (tertiary/aromatic N) is 1. The molecule has 1 aromatic carbocycles. The van der Waals surface area contributed by atoms with E-state index >= 15 is 0 Å². The second kappa shape index (κ2) is 7.07. The topological polar surface area (TPSA) is 24.4 Å². The standard InChI is InChI=1S/C15H20F2N2S/c1-10(2)14-4-6-20-15(19-14)18-5-3-11-7-12(16)9-13(17)8-11/h7-10,14H,3-6H2,1-2H3,(H,18,19). The minimum absolute atomic E-state index is 0.474. The molecular weight excluding hydrogens is 278 g/mol. The summed E-state index contributed by atoms with van der Waals surface area (Å²) in [5.41, 5.74) is 0.646. The summed E-state index contributed by atoms with van der Waals surface area (Å²) in [5, 5.41) is 4.38. The average Bonchev–Trinajstić information content (AvgIpc) is 2.38. The molecule has 1 unspecified atom stereocenters. The second-order valence-corrected chi connectivity index (χ2v) is 6.43. The van der Waals surface area contributed by atoms with E-state index in [9.17, 15) is 8.78 Å². The Bertz CT molecular complexity index is 469. The van der Waals surface area contributed by atoms with E-state index in [0.29, 0.717) is 30.5 Å². The molecule has 2 rings (SSSR count). The molecule has 0 radical (unpaired) electrons. The van der Waals surface area contributed by atoms with Gasteiger partial charge in [-0.2, -0.15) is 0 Å². The van der Waals surface area contributed by atoms with Gasteiger partial charge in [-0.1, -0.05) is 25.6 Å². The molecule has 2 nitrogen and oxygen atoms in total. The number of rotatable bonds is 4. The van der Waals surface area contributed by atoms with Gasteiger partial charge in [-0.3, -0.25) is 4.99 Å². The lowest BCUT2D eigenvalue weighted by Gasteiger charge is -2.28. The van der Waals surface area contributed by atoms with Gasteiger partial charge in [0.25, 0.3) is 0 Å². The molecule has 5 heteroatoms. The van der Waals surface area contributed by atoms with Gasteiger partial charge in [-0.15, -0.1) is 0 Å². The highest BCUT2D eigenvalue weighted by atomic mass is 32.2. The van der Waals surface area contributed by atoms with Gasteiger partial charge in [0.2, 0.25) is 0 Å². The lowest BCUT2D eigenvalue weighted by atomic mass is 10.0. The second-order valence-electron chi connectivity index (χ2n) is 5.35. The fourth-order valence-electron chi connectivity index (χ4n) is 2.19. The quantitative estimate of drug-likeness (QED) is 0.918. The van der Waals surface area contributed by atoms with E-state index in [1.807, 2.05) is 0 Å². The molecule has 1 saturated heterocycles. The molecule has 0 amide bonds. The Hall–Kier alpha value is -1.10. The Labute approximate surface area is 123 Å². The Morgan fingerprint density at radius 2 is 2.00 bits per heavy atom. The van der Waals surface area contributed by atoms with E-state index in [4.69, 9.17) is 0 Å². The number of amidine groups is 1. The smallest absolute Gasteiger partial charge is 0.156 e. The molecule has 0 saturated carbocycles. The molecule has 110 valence electrons. The highest BCUT2D eigenvalue weighted by Crippen LogP contribution is 2.18. The first kappa shape index (κ1) is 15.3. The van der Waals surface area contributed by atoms with E-state index < -0.39 is 11.6 Å². The average molecular weight is 298 g/mol. The van der Waals surface area contributed by atoms with Gasteiger partial charge in [0, 0.05) is 24.4 Å². The first-order chi connectivity index (χ1) is 9.54. The molecular formula is C15H20F2N2S. The Morgan fingerprint density at radius 3 is 2.65 bits per heavy atom. The lowest BCUT2D eigenvalue weighted by molar-refractivity contribution is 0.442. The van der Waals surface area contributed by atoms with Crippen LogP contribution in [0.3, 0.4) is 0 Å². The molecule has 0 aliphatic carbocycles. The Kier molecular flexibility index (Phi) is 5.40. The summed E-state index contributed by atoms with van der Waals surface area (Å²) in [6.45, 7) is 4.94. The number of thioether (sulfide) groups is 1. The van der Waals surface area contributed by atoms with Crippen molar-refractivity contribution in [2.45, 2.75) is 32.7 Å². The van der Waals surface area contributed by atoms with E-state index in [1.165, 1.54) is 12.1 Å². The first-order valence-corrected chi connectivity index (χ1v) is 7.92. The van der Waals surface area contributed by atoms with E-state index in [2.05, 4.69) is 24.2 Å². The van der Waals surface area contributed by atoms with Crippen LogP contribution in [0.15, 0.2) is 23.2 Å². The molecule has 0 bridgehead atoms. The van der Waals surface area contributed by atoms with Gasteiger partial charge in [-0.25, -0.2) is 8.78 Å². The van der Waals surface area contributed by atoms with Gasteiger partial charge in [0.15, 0.2) is 5.17 Å². The molecule has 1 atom stereocenters. The number of benzene rings is 1. The third kappa shape index (κ3) is 4.47. The molecule has 1 heterocycles. The maximum Gasteiger partial charge on any atom is 0.156 e. The summed E-state index contributed by atoms with van der Waals surface area (Å²) in [7, 11) is 0. The fraction of sp³-hybridized carbons (Fsp3) is 0.533. The van der Waals surface area contributed by atoms with Crippen molar-refractivity contribution >= 4 is 16.9 Å². The van der Waals surface area contributed by atoms with Crippen LogP contribution in [-0.2, 0) is 6.42 Å². The molecule has 20 heavy (non-hydrogen) atoms. The van der Waals surface area contributed by atoms with Crippen molar-refractivity contribution in [1.82, 2.24) is 5.32 Å². The molecule has 1 aromatic rings. The van der Waals surface area contributed by atoms with Crippen molar-refractivity contribution in [1.29, 1.82) is 0 Å². The highest BCUT2D eigenvalue weighted by Gasteiger charge is 2.19. The Morgan fingerprint density at radius 1 is 1.30 bits per heavy atom. The van der Waals surface area contributed by atoms with Crippen LogP contribution in [0.1, 0.15) is 25.8 Å². The van der Waals surface area contributed by atoms with Crippen LogP contribution in [0.25, 0.3) is 0 Å². The molecule has 1 aliphatic rings. The summed E-state index contributed by atoms with van der Waals surface area (Å²) in [6.07, 6.45) is 1.70. The van der Waals surface area contributed by atoms with E-state index in [-0.39, 0.29) is 0 Å².